The number of carbonyl (C=O) groups is 1. The molecule has 3 heteroatoms. The molecule has 1 unspecified atom stereocenters. The van der Waals surface area contributed by atoms with Gasteiger partial charge in [-0.2, -0.15) is 0 Å². The van der Waals surface area contributed by atoms with E-state index in [9.17, 15) is 4.79 Å². The summed E-state index contributed by atoms with van der Waals surface area (Å²) in [5, 5.41) is 3.29. The van der Waals surface area contributed by atoms with E-state index in [1.54, 1.807) is 0 Å². The number of ether oxygens (including phenoxy) is 1. The van der Waals surface area contributed by atoms with Gasteiger partial charge in [0.05, 0.1) is 6.61 Å². The quantitative estimate of drug-likeness (QED) is 0.788. The van der Waals surface area contributed by atoms with E-state index in [-0.39, 0.29) is 5.97 Å². The maximum Gasteiger partial charge on any atom is 0.330 e. The summed E-state index contributed by atoms with van der Waals surface area (Å²) in [7, 11) is 0. The lowest BCUT2D eigenvalue weighted by atomic mass is 9.86. The van der Waals surface area contributed by atoms with Crippen LogP contribution in [-0.4, -0.2) is 19.1 Å². The lowest BCUT2D eigenvalue weighted by molar-refractivity contribution is -0.152. The van der Waals surface area contributed by atoms with Crippen LogP contribution in [0.15, 0.2) is 24.3 Å². The summed E-state index contributed by atoms with van der Waals surface area (Å²) >= 11 is 0. The van der Waals surface area contributed by atoms with Gasteiger partial charge in [0.2, 0.25) is 0 Å². The molecule has 1 aromatic carbocycles. The monoisotopic (exact) mass is 249 g/mol. The van der Waals surface area contributed by atoms with Gasteiger partial charge in [0.1, 0.15) is 5.54 Å². The van der Waals surface area contributed by atoms with Crippen LogP contribution in [0.2, 0.25) is 0 Å². The van der Waals surface area contributed by atoms with Gasteiger partial charge < -0.3 is 4.74 Å². The third-order valence-electron chi connectivity index (χ3n) is 3.18. The van der Waals surface area contributed by atoms with E-state index >= 15 is 0 Å². The van der Waals surface area contributed by atoms with E-state index in [0.29, 0.717) is 13.0 Å². The minimum Gasteiger partial charge on any atom is -0.464 e. The topological polar surface area (TPSA) is 38.3 Å². The molecule has 0 aliphatic carbocycles. The van der Waals surface area contributed by atoms with Gasteiger partial charge in [0.15, 0.2) is 0 Å². The highest BCUT2D eigenvalue weighted by atomic mass is 16.5. The van der Waals surface area contributed by atoms with Crippen molar-refractivity contribution in [3.05, 3.63) is 35.4 Å². The summed E-state index contributed by atoms with van der Waals surface area (Å²) in [6.07, 6.45) is 0.669. The molecule has 0 heterocycles. The van der Waals surface area contributed by atoms with Crippen LogP contribution in [0, 0.1) is 6.92 Å². The predicted molar refractivity (Wildman–Crippen MR) is 73.5 cm³/mol. The normalized spacial score (nSPS) is 14.0. The summed E-state index contributed by atoms with van der Waals surface area (Å²) in [5.41, 5.74) is 1.43. The molecule has 0 saturated heterocycles. The Balaban J connectivity index is 3.17. The number of nitrogens with one attached hydrogen (secondary N) is 1. The molecule has 1 aromatic rings. The number of likely N-dealkylation sites (N-methyl/N-ethyl adjacent to an activating group) is 1. The number of aryl methyl sites for hydroxylation is 1. The Morgan fingerprint density at radius 1 is 1.22 bits per heavy atom. The fraction of sp³-hybridized carbons (Fsp3) is 0.533. The van der Waals surface area contributed by atoms with E-state index in [1.165, 1.54) is 5.56 Å². The second-order valence-electron chi connectivity index (χ2n) is 4.38. The van der Waals surface area contributed by atoms with Crippen molar-refractivity contribution < 1.29 is 9.53 Å². The van der Waals surface area contributed by atoms with E-state index in [4.69, 9.17) is 4.74 Å². The van der Waals surface area contributed by atoms with Gasteiger partial charge in [-0.25, -0.2) is 4.79 Å². The Hall–Kier alpha value is -1.35. The third kappa shape index (κ3) is 2.91. The fourth-order valence-corrected chi connectivity index (χ4v) is 2.16. The minimum atomic E-state index is -0.724. The molecule has 0 aliphatic rings. The first-order valence-electron chi connectivity index (χ1n) is 6.60. The highest BCUT2D eigenvalue weighted by molar-refractivity contribution is 5.82. The zero-order chi connectivity index (χ0) is 13.6. The summed E-state index contributed by atoms with van der Waals surface area (Å²) in [6.45, 7) is 8.99. The van der Waals surface area contributed by atoms with Crippen LogP contribution in [0.25, 0.3) is 0 Å². The van der Waals surface area contributed by atoms with Crippen LogP contribution in [-0.2, 0) is 15.1 Å². The molecule has 0 aromatic heterocycles. The molecule has 0 spiro atoms. The lowest BCUT2D eigenvalue weighted by Crippen LogP contribution is -2.49. The minimum absolute atomic E-state index is 0.196. The molecule has 18 heavy (non-hydrogen) atoms. The molecule has 0 radical (unpaired) electrons. The first kappa shape index (κ1) is 14.7. The van der Waals surface area contributed by atoms with E-state index in [1.807, 2.05) is 52.0 Å². The number of carbonyl (C=O) groups excluding carboxylic acids is 1. The van der Waals surface area contributed by atoms with Crippen molar-refractivity contribution in [1.29, 1.82) is 0 Å². The van der Waals surface area contributed by atoms with Crippen molar-refractivity contribution in [2.75, 3.05) is 13.2 Å². The average Bonchev–Trinajstić information content (AvgIpc) is 2.37. The van der Waals surface area contributed by atoms with Gasteiger partial charge >= 0.3 is 5.97 Å². The van der Waals surface area contributed by atoms with Crippen LogP contribution in [0.3, 0.4) is 0 Å². The molecule has 1 atom stereocenters. The zero-order valence-electron chi connectivity index (χ0n) is 11.7. The fourth-order valence-electron chi connectivity index (χ4n) is 2.16. The van der Waals surface area contributed by atoms with Gasteiger partial charge in [0, 0.05) is 0 Å². The molecule has 0 amide bonds. The summed E-state index contributed by atoms with van der Waals surface area (Å²) in [6, 6.07) is 8.05. The molecule has 3 nitrogen and oxygen atoms in total. The van der Waals surface area contributed by atoms with Crippen molar-refractivity contribution in [3.63, 3.8) is 0 Å². The first-order chi connectivity index (χ1) is 8.60. The van der Waals surface area contributed by atoms with Gasteiger partial charge in [0.25, 0.3) is 0 Å². The summed E-state index contributed by atoms with van der Waals surface area (Å²) < 4.78 is 5.23. The van der Waals surface area contributed by atoms with E-state index in [2.05, 4.69) is 5.32 Å². The van der Waals surface area contributed by atoms with E-state index < -0.39 is 5.54 Å². The smallest absolute Gasteiger partial charge is 0.330 e. The van der Waals surface area contributed by atoms with Crippen LogP contribution < -0.4 is 5.32 Å². The SMILES string of the molecule is CCNC(CC)(C(=O)OCC)c1ccc(C)cc1. The van der Waals surface area contributed by atoms with Gasteiger partial charge in [-0.05, 0) is 32.4 Å². The van der Waals surface area contributed by atoms with Crippen molar-refractivity contribution in [3.8, 4) is 0 Å². The van der Waals surface area contributed by atoms with Gasteiger partial charge in [-0.3, -0.25) is 5.32 Å². The van der Waals surface area contributed by atoms with Crippen molar-refractivity contribution >= 4 is 5.97 Å². The van der Waals surface area contributed by atoms with E-state index in [0.717, 1.165) is 12.1 Å². The van der Waals surface area contributed by atoms with Crippen LogP contribution >= 0.6 is 0 Å². The van der Waals surface area contributed by atoms with Crippen molar-refractivity contribution in [2.45, 2.75) is 39.7 Å². The lowest BCUT2D eigenvalue weighted by Gasteiger charge is -2.31. The maximum atomic E-state index is 12.3. The second-order valence-corrected chi connectivity index (χ2v) is 4.38. The average molecular weight is 249 g/mol. The Morgan fingerprint density at radius 2 is 1.83 bits per heavy atom. The Morgan fingerprint density at radius 3 is 2.28 bits per heavy atom. The first-order valence-corrected chi connectivity index (χ1v) is 6.60. The van der Waals surface area contributed by atoms with Gasteiger partial charge in [-0.1, -0.05) is 43.7 Å². The molecular formula is C15H23NO2. The Labute approximate surface area is 110 Å². The Bertz CT molecular complexity index is 386. The number of benzene rings is 1. The molecule has 0 bridgehead atoms. The van der Waals surface area contributed by atoms with Crippen LogP contribution in [0.1, 0.15) is 38.3 Å². The molecule has 0 fully saturated rings. The number of hydrogen-bond acceptors (Lipinski definition) is 3. The summed E-state index contributed by atoms with van der Waals surface area (Å²) in [4.78, 5) is 12.3. The number of hydrogen-bond donors (Lipinski definition) is 1. The van der Waals surface area contributed by atoms with Crippen molar-refractivity contribution in [2.24, 2.45) is 0 Å². The summed E-state index contributed by atoms with van der Waals surface area (Å²) in [5.74, 6) is -0.196. The molecule has 0 saturated carbocycles. The molecule has 0 aliphatic heterocycles. The Kier molecular flexibility index (Phi) is 5.35. The zero-order valence-corrected chi connectivity index (χ0v) is 11.7. The van der Waals surface area contributed by atoms with Crippen LogP contribution in [0.4, 0.5) is 0 Å². The predicted octanol–water partition coefficient (Wildman–Crippen LogP) is 2.77. The standard InChI is InChI=1S/C15H23NO2/c1-5-15(16-6-2,14(17)18-7-3)13-10-8-12(4)9-11-13/h8-11,16H,5-7H2,1-4H3. The largest absolute Gasteiger partial charge is 0.464 e. The number of esters is 1. The molecule has 1 rings (SSSR count). The highest BCUT2D eigenvalue weighted by Gasteiger charge is 2.39. The van der Waals surface area contributed by atoms with Gasteiger partial charge in [-0.15, -0.1) is 0 Å². The third-order valence-corrected chi connectivity index (χ3v) is 3.18. The number of rotatable bonds is 6. The molecule has 100 valence electrons. The van der Waals surface area contributed by atoms with Crippen LogP contribution in [0.5, 0.6) is 0 Å². The highest BCUT2D eigenvalue weighted by Crippen LogP contribution is 2.27. The molecule has 1 N–H and O–H groups in total. The second kappa shape index (κ2) is 6.55. The maximum absolute atomic E-state index is 12.3. The molecular weight excluding hydrogens is 226 g/mol. The van der Waals surface area contributed by atoms with Crippen molar-refractivity contribution in [1.82, 2.24) is 5.32 Å².